The highest BCUT2D eigenvalue weighted by Crippen LogP contribution is 2.24. The number of hydrogen-bond donors (Lipinski definition) is 1. The van der Waals surface area contributed by atoms with Crippen LogP contribution in [0.15, 0.2) is 15.4 Å². The van der Waals surface area contributed by atoms with Gasteiger partial charge in [-0.1, -0.05) is 6.92 Å². The largest absolute Gasteiger partial charge is 0.475 e. The molecule has 0 radical (unpaired) electrons. The number of likely N-dealkylation sites (N-methyl/N-ethyl adjacent to an activating group) is 1. The average Bonchev–Trinajstić information content (AvgIpc) is 2.82. The molecule has 20 heavy (non-hydrogen) atoms. The Morgan fingerprint density at radius 3 is 2.40 bits per heavy atom. The topological polar surface area (TPSA) is 91.1 Å². The van der Waals surface area contributed by atoms with E-state index in [2.05, 4.69) is 4.90 Å². The van der Waals surface area contributed by atoms with Gasteiger partial charge in [0, 0.05) is 32.2 Å². The Hall–Kier alpha value is -1.38. The number of nitrogens with zero attached hydrogens (tertiary/aromatic N) is 2. The van der Waals surface area contributed by atoms with Crippen LogP contribution in [0.25, 0.3) is 0 Å². The van der Waals surface area contributed by atoms with E-state index in [1.165, 1.54) is 11.2 Å². The first kappa shape index (κ1) is 15.0. The minimum absolute atomic E-state index is 0.0557. The maximum atomic E-state index is 12.5. The van der Waals surface area contributed by atoms with Crippen molar-refractivity contribution in [2.75, 3.05) is 32.7 Å². The Balaban J connectivity index is 2.25. The number of sulfonamides is 1. The molecule has 1 N–H and O–H groups in total. The van der Waals surface area contributed by atoms with Gasteiger partial charge in [0.1, 0.15) is 10.7 Å². The fraction of sp³-hybridized carbons (Fsp3) is 0.583. The lowest BCUT2D eigenvalue weighted by Crippen LogP contribution is -2.48. The van der Waals surface area contributed by atoms with Gasteiger partial charge in [-0.15, -0.1) is 0 Å². The summed E-state index contributed by atoms with van der Waals surface area (Å²) in [6.07, 6.45) is 0. The third-order valence-electron chi connectivity index (χ3n) is 3.48. The highest BCUT2D eigenvalue weighted by atomic mass is 32.2. The molecular weight excluding hydrogens is 284 g/mol. The SMILES string of the molecule is CCN1CCN(S(=O)(=O)c2cc(C(=O)O)oc2C)CC1. The number of carboxylic acids is 1. The van der Waals surface area contributed by atoms with Gasteiger partial charge in [0.25, 0.3) is 0 Å². The monoisotopic (exact) mass is 302 g/mol. The van der Waals surface area contributed by atoms with Crippen molar-refractivity contribution in [3.8, 4) is 0 Å². The predicted molar refractivity (Wildman–Crippen MR) is 71.3 cm³/mol. The van der Waals surface area contributed by atoms with Crippen LogP contribution in [0.5, 0.6) is 0 Å². The Bertz CT molecular complexity index is 599. The summed E-state index contributed by atoms with van der Waals surface area (Å²) in [6, 6.07) is 1.08. The quantitative estimate of drug-likeness (QED) is 0.876. The molecule has 0 atom stereocenters. The molecule has 0 amide bonds. The minimum atomic E-state index is -3.69. The lowest BCUT2D eigenvalue weighted by Gasteiger charge is -2.33. The minimum Gasteiger partial charge on any atom is -0.475 e. The van der Waals surface area contributed by atoms with E-state index in [4.69, 9.17) is 9.52 Å². The third kappa shape index (κ3) is 2.72. The van der Waals surface area contributed by atoms with Crippen LogP contribution in [0.1, 0.15) is 23.2 Å². The van der Waals surface area contributed by atoms with E-state index in [1.807, 2.05) is 6.92 Å². The van der Waals surface area contributed by atoms with E-state index < -0.39 is 16.0 Å². The summed E-state index contributed by atoms with van der Waals surface area (Å²) in [4.78, 5) is 13.0. The fourth-order valence-corrected chi connectivity index (χ4v) is 3.84. The third-order valence-corrected chi connectivity index (χ3v) is 5.49. The molecule has 0 spiro atoms. The van der Waals surface area contributed by atoms with E-state index >= 15 is 0 Å². The number of carboxylic acid groups (broad SMARTS) is 1. The van der Waals surface area contributed by atoms with Crippen molar-refractivity contribution in [2.45, 2.75) is 18.7 Å². The normalized spacial score (nSPS) is 18.3. The highest BCUT2D eigenvalue weighted by molar-refractivity contribution is 7.89. The first-order chi connectivity index (χ1) is 9.36. The van der Waals surface area contributed by atoms with Gasteiger partial charge in [-0.2, -0.15) is 4.31 Å². The molecule has 1 aliphatic rings. The smallest absolute Gasteiger partial charge is 0.371 e. The number of aromatic carboxylic acids is 1. The summed E-state index contributed by atoms with van der Waals surface area (Å²) >= 11 is 0. The predicted octanol–water partition coefficient (Wildman–Crippen LogP) is 0.612. The van der Waals surface area contributed by atoms with Gasteiger partial charge in [-0.05, 0) is 13.5 Å². The molecule has 2 rings (SSSR count). The molecule has 1 saturated heterocycles. The summed E-state index contributed by atoms with van der Waals surface area (Å²) in [7, 11) is -3.69. The Morgan fingerprint density at radius 1 is 1.35 bits per heavy atom. The van der Waals surface area contributed by atoms with Crippen molar-refractivity contribution in [3.05, 3.63) is 17.6 Å². The van der Waals surface area contributed by atoms with Gasteiger partial charge in [0.2, 0.25) is 15.8 Å². The van der Waals surface area contributed by atoms with Crippen LogP contribution in [-0.4, -0.2) is 61.4 Å². The molecule has 8 heteroatoms. The van der Waals surface area contributed by atoms with Crippen molar-refractivity contribution in [1.82, 2.24) is 9.21 Å². The van der Waals surface area contributed by atoms with Gasteiger partial charge in [0.05, 0.1) is 0 Å². The van der Waals surface area contributed by atoms with Crippen molar-refractivity contribution in [2.24, 2.45) is 0 Å². The molecule has 0 aromatic carbocycles. The number of rotatable bonds is 4. The second kappa shape index (κ2) is 5.55. The van der Waals surface area contributed by atoms with E-state index in [1.54, 1.807) is 0 Å². The summed E-state index contributed by atoms with van der Waals surface area (Å²) in [5.41, 5.74) is 0. The molecule has 1 fully saturated rings. The summed E-state index contributed by atoms with van der Waals surface area (Å²) in [5, 5.41) is 8.86. The molecule has 0 aliphatic carbocycles. The maximum absolute atomic E-state index is 12.5. The van der Waals surface area contributed by atoms with Crippen LogP contribution >= 0.6 is 0 Å². The molecule has 1 aromatic rings. The summed E-state index contributed by atoms with van der Waals surface area (Å²) in [6.45, 7) is 6.55. The second-order valence-electron chi connectivity index (χ2n) is 4.67. The molecule has 0 unspecified atom stereocenters. The van der Waals surface area contributed by atoms with Crippen LogP contribution in [0.4, 0.5) is 0 Å². The number of aryl methyl sites for hydroxylation is 1. The van der Waals surface area contributed by atoms with Crippen molar-refractivity contribution >= 4 is 16.0 Å². The lowest BCUT2D eigenvalue weighted by atomic mass is 10.4. The molecule has 2 heterocycles. The van der Waals surface area contributed by atoms with Crippen molar-refractivity contribution in [3.63, 3.8) is 0 Å². The van der Waals surface area contributed by atoms with Gasteiger partial charge in [-0.25, -0.2) is 13.2 Å². The fourth-order valence-electron chi connectivity index (χ4n) is 2.25. The zero-order valence-corrected chi connectivity index (χ0v) is 12.3. The molecule has 7 nitrogen and oxygen atoms in total. The zero-order valence-electron chi connectivity index (χ0n) is 11.5. The molecule has 1 aromatic heterocycles. The lowest BCUT2D eigenvalue weighted by molar-refractivity contribution is 0.0661. The van der Waals surface area contributed by atoms with Crippen molar-refractivity contribution in [1.29, 1.82) is 0 Å². The van der Waals surface area contributed by atoms with Crippen LogP contribution in [0.2, 0.25) is 0 Å². The number of hydrogen-bond acceptors (Lipinski definition) is 5. The zero-order chi connectivity index (χ0) is 14.9. The molecule has 112 valence electrons. The Labute approximate surface area is 117 Å². The standard InChI is InChI=1S/C12H18N2O5S/c1-3-13-4-6-14(7-5-13)20(17,18)11-8-10(12(15)16)19-9(11)2/h8H,3-7H2,1-2H3,(H,15,16). The van der Waals surface area contributed by atoms with Gasteiger partial charge in [0.15, 0.2) is 0 Å². The highest BCUT2D eigenvalue weighted by Gasteiger charge is 2.32. The number of carbonyl (C=O) groups is 1. The number of furan rings is 1. The van der Waals surface area contributed by atoms with Crippen LogP contribution in [0.3, 0.4) is 0 Å². The molecular formula is C12H18N2O5S. The number of piperazine rings is 1. The van der Waals surface area contributed by atoms with E-state index in [0.717, 1.165) is 12.6 Å². The summed E-state index contributed by atoms with van der Waals surface area (Å²) < 4.78 is 31.3. The second-order valence-corrected chi connectivity index (χ2v) is 6.58. The van der Waals surface area contributed by atoms with Crippen LogP contribution < -0.4 is 0 Å². The average molecular weight is 302 g/mol. The molecule has 0 saturated carbocycles. The maximum Gasteiger partial charge on any atom is 0.371 e. The first-order valence-corrected chi connectivity index (χ1v) is 7.86. The van der Waals surface area contributed by atoms with Crippen LogP contribution in [-0.2, 0) is 10.0 Å². The van der Waals surface area contributed by atoms with Crippen molar-refractivity contribution < 1.29 is 22.7 Å². The Morgan fingerprint density at radius 2 is 1.95 bits per heavy atom. The first-order valence-electron chi connectivity index (χ1n) is 6.42. The van der Waals surface area contributed by atoms with E-state index in [9.17, 15) is 13.2 Å². The van der Waals surface area contributed by atoms with Gasteiger partial charge in [-0.3, -0.25) is 0 Å². The van der Waals surface area contributed by atoms with Crippen LogP contribution in [0, 0.1) is 6.92 Å². The van der Waals surface area contributed by atoms with Gasteiger partial charge < -0.3 is 14.4 Å². The Kier molecular flexibility index (Phi) is 4.17. The van der Waals surface area contributed by atoms with Gasteiger partial charge >= 0.3 is 5.97 Å². The summed E-state index contributed by atoms with van der Waals surface area (Å²) in [5.74, 6) is -1.51. The van der Waals surface area contributed by atoms with E-state index in [0.29, 0.717) is 26.2 Å². The molecule has 1 aliphatic heterocycles. The molecule has 0 bridgehead atoms. The van der Waals surface area contributed by atoms with E-state index in [-0.39, 0.29) is 16.4 Å².